The van der Waals surface area contributed by atoms with Gasteiger partial charge in [-0.1, -0.05) is 35.5 Å². The highest BCUT2D eigenvalue weighted by Crippen LogP contribution is 2.29. The zero-order valence-corrected chi connectivity index (χ0v) is 14.1. The lowest BCUT2D eigenvalue weighted by Gasteiger charge is -1.99. The molecule has 3 heterocycles. The van der Waals surface area contributed by atoms with Crippen molar-refractivity contribution >= 4 is 34.4 Å². The average molecular weight is 359 g/mol. The molecule has 0 radical (unpaired) electrons. The second kappa shape index (κ2) is 6.21. The summed E-state index contributed by atoms with van der Waals surface area (Å²) in [5.41, 5.74) is 1.51. The van der Waals surface area contributed by atoms with Crippen LogP contribution in [0.15, 0.2) is 46.2 Å². The SMILES string of the molecule is Cn1ncc2c(SCc3nnc(-c4ccccc4Cl)o3)ncnc21. The van der Waals surface area contributed by atoms with E-state index in [0.29, 0.717) is 22.6 Å². The number of rotatable bonds is 4. The lowest BCUT2D eigenvalue weighted by atomic mass is 10.2. The van der Waals surface area contributed by atoms with Crippen LogP contribution in [0.1, 0.15) is 5.89 Å². The van der Waals surface area contributed by atoms with Crippen LogP contribution in [0, 0.1) is 0 Å². The lowest BCUT2D eigenvalue weighted by Crippen LogP contribution is -1.93. The van der Waals surface area contributed by atoms with E-state index in [9.17, 15) is 0 Å². The molecule has 9 heteroatoms. The van der Waals surface area contributed by atoms with Crippen molar-refractivity contribution in [1.82, 2.24) is 29.9 Å². The fourth-order valence-corrected chi connectivity index (χ4v) is 3.26. The van der Waals surface area contributed by atoms with Crippen LogP contribution in [0.3, 0.4) is 0 Å². The van der Waals surface area contributed by atoms with Crippen molar-refractivity contribution in [1.29, 1.82) is 0 Å². The molecule has 0 N–H and O–H groups in total. The summed E-state index contributed by atoms with van der Waals surface area (Å²) in [5, 5.41) is 14.6. The zero-order chi connectivity index (χ0) is 16.5. The van der Waals surface area contributed by atoms with E-state index in [-0.39, 0.29) is 0 Å². The Morgan fingerprint density at radius 3 is 2.96 bits per heavy atom. The summed E-state index contributed by atoms with van der Waals surface area (Å²) in [4.78, 5) is 8.52. The fourth-order valence-electron chi connectivity index (χ4n) is 2.24. The number of aromatic nitrogens is 6. The Bertz CT molecular complexity index is 1010. The Morgan fingerprint density at radius 1 is 1.21 bits per heavy atom. The predicted molar refractivity (Wildman–Crippen MR) is 90.6 cm³/mol. The minimum Gasteiger partial charge on any atom is -0.420 e. The molecule has 0 spiro atoms. The van der Waals surface area contributed by atoms with Gasteiger partial charge in [0.1, 0.15) is 11.4 Å². The van der Waals surface area contributed by atoms with Crippen LogP contribution in [0.2, 0.25) is 5.02 Å². The van der Waals surface area contributed by atoms with E-state index in [1.165, 1.54) is 18.1 Å². The normalized spacial score (nSPS) is 11.2. The van der Waals surface area contributed by atoms with Crippen LogP contribution < -0.4 is 0 Å². The minimum absolute atomic E-state index is 0.408. The number of fused-ring (bicyclic) bond motifs is 1. The number of hydrogen-bond donors (Lipinski definition) is 0. The molecular weight excluding hydrogens is 348 g/mol. The maximum atomic E-state index is 6.15. The van der Waals surface area contributed by atoms with Gasteiger partial charge < -0.3 is 4.42 Å². The monoisotopic (exact) mass is 358 g/mol. The minimum atomic E-state index is 0.408. The molecule has 0 atom stereocenters. The van der Waals surface area contributed by atoms with Crippen LogP contribution in [-0.2, 0) is 12.8 Å². The molecule has 0 aliphatic heterocycles. The van der Waals surface area contributed by atoms with Gasteiger partial charge in [-0.2, -0.15) is 5.10 Å². The predicted octanol–water partition coefficient (Wildman–Crippen LogP) is 3.36. The lowest BCUT2D eigenvalue weighted by molar-refractivity contribution is 0.528. The molecule has 120 valence electrons. The van der Waals surface area contributed by atoms with E-state index in [1.807, 2.05) is 25.2 Å². The second-order valence-electron chi connectivity index (χ2n) is 4.95. The van der Waals surface area contributed by atoms with Gasteiger partial charge >= 0.3 is 0 Å². The molecule has 3 aromatic heterocycles. The molecule has 0 saturated heterocycles. The van der Waals surface area contributed by atoms with E-state index < -0.39 is 0 Å². The first-order chi connectivity index (χ1) is 11.7. The molecule has 0 amide bonds. The van der Waals surface area contributed by atoms with Gasteiger partial charge in [-0.15, -0.1) is 10.2 Å². The molecule has 4 rings (SSSR count). The number of aryl methyl sites for hydroxylation is 1. The third kappa shape index (κ3) is 2.74. The maximum absolute atomic E-state index is 6.15. The first-order valence-corrected chi connectivity index (χ1v) is 8.41. The van der Waals surface area contributed by atoms with Crippen molar-refractivity contribution in [3.05, 3.63) is 47.7 Å². The summed E-state index contributed by atoms with van der Waals surface area (Å²) in [6, 6.07) is 7.36. The highest BCUT2D eigenvalue weighted by atomic mass is 35.5. The Morgan fingerprint density at radius 2 is 2.08 bits per heavy atom. The molecule has 0 unspecified atom stereocenters. The summed E-state index contributed by atoms with van der Waals surface area (Å²) in [6.07, 6.45) is 3.27. The quantitative estimate of drug-likeness (QED) is 0.408. The van der Waals surface area contributed by atoms with Gasteiger partial charge in [-0.3, -0.25) is 4.68 Å². The standard InChI is InChI=1S/C15H11ClN6OS/c1-22-13-10(6-19-22)15(18-8-17-13)24-7-12-20-21-14(23-12)9-4-2-3-5-11(9)16/h2-6,8H,7H2,1H3. The highest BCUT2D eigenvalue weighted by Gasteiger charge is 2.13. The van der Waals surface area contributed by atoms with Crippen molar-refractivity contribution in [2.45, 2.75) is 10.8 Å². The molecule has 4 aromatic rings. The molecule has 0 saturated carbocycles. The number of halogens is 1. The maximum Gasteiger partial charge on any atom is 0.249 e. The second-order valence-corrected chi connectivity index (χ2v) is 6.33. The Labute approximate surface area is 146 Å². The van der Waals surface area contributed by atoms with Crippen molar-refractivity contribution in [2.75, 3.05) is 0 Å². The van der Waals surface area contributed by atoms with Crippen LogP contribution >= 0.6 is 23.4 Å². The molecule has 0 bridgehead atoms. The summed E-state index contributed by atoms with van der Waals surface area (Å²) < 4.78 is 7.41. The van der Waals surface area contributed by atoms with Crippen LogP contribution in [-0.4, -0.2) is 29.9 Å². The largest absolute Gasteiger partial charge is 0.420 e. The van der Waals surface area contributed by atoms with Gasteiger partial charge in [-0.05, 0) is 12.1 Å². The van der Waals surface area contributed by atoms with Gasteiger partial charge in [0.2, 0.25) is 11.8 Å². The van der Waals surface area contributed by atoms with Crippen LogP contribution in [0.4, 0.5) is 0 Å². The van der Waals surface area contributed by atoms with E-state index >= 15 is 0 Å². The van der Waals surface area contributed by atoms with Gasteiger partial charge in [-0.25, -0.2) is 9.97 Å². The summed E-state index contributed by atoms with van der Waals surface area (Å²) >= 11 is 7.64. The molecule has 7 nitrogen and oxygen atoms in total. The Kier molecular flexibility index (Phi) is 3.91. The summed E-state index contributed by atoms with van der Waals surface area (Å²) in [5.74, 6) is 1.41. The highest BCUT2D eigenvalue weighted by molar-refractivity contribution is 7.98. The number of hydrogen-bond acceptors (Lipinski definition) is 7. The molecular formula is C15H11ClN6OS. The summed E-state index contributed by atoms with van der Waals surface area (Å²) in [6.45, 7) is 0. The van der Waals surface area contributed by atoms with Gasteiger partial charge in [0.25, 0.3) is 0 Å². The van der Waals surface area contributed by atoms with Gasteiger partial charge in [0, 0.05) is 7.05 Å². The third-order valence-electron chi connectivity index (χ3n) is 3.40. The average Bonchev–Trinajstić information content (AvgIpc) is 3.21. The van der Waals surface area contributed by atoms with Crippen LogP contribution in [0.25, 0.3) is 22.5 Å². The van der Waals surface area contributed by atoms with Crippen molar-refractivity contribution in [2.24, 2.45) is 7.05 Å². The smallest absolute Gasteiger partial charge is 0.249 e. The van der Waals surface area contributed by atoms with E-state index in [4.69, 9.17) is 16.0 Å². The topological polar surface area (TPSA) is 82.5 Å². The third-order valence-corrected chi connectivity index (χ3v) is 4.72. The molecule has 1 aromatic carbocycles. The van der Waals surface area contributed by atoms with Crippen LogP contribution in [0.5, 0.6) is 0 Å². The molecule has 0 aliphatic carbocycles. The summed E-state index contributed by atoms with van der Waals surface area (Å²) in [7, 11) is 1.84. The molecule has 0 fully saturated rings. The van der Waals surface area contributed by atoms with Gasteiger partial charge in [0.05, 0.1) is 27.9 Å². The van der Waals surface area contributed by atoms with Crippen molar-refractivity contribution in [3.8, 4) is 11.5 Å². The van der Waals surface area contributed by atoms with E-state index in [2.05, 4.69) is 25.3 Å². The Balaban J connectivity index is 1.55. The first-order valence-electron chi connectivity index (χ1n) is 7.05. The van der Waals surface area contributed by atoms with Crippen molar-refractivity contribution in [3.63, 3.8) is 0 Å². The Hall–Kier alpha value is -2.45. The number of thioether (sulfide) groups is 1. The molecule has 0 aliphatic rings. The van der Waals surface area contributed by atoms with E-state index in [1.54, 1.807) is 16.9 Å². The first kappa shape index (κ1) is 15.1. The molecule has 24 heavy (non-hydrogen) atoms. The van der Waals surface area contributed by atoms with E-state index in [0.717, 1.165) is 21.6 Å². The van der Waals surface area contributed by atoms with Crippen molar-refractivity contribution < 1.29 is 4.42 Å². The zero-order valence-electron chi connectivity index (χ0n) is 12.5. The van der Waals surface area contributed by atoms with Gasteiger partial charge in [0.15, 0.2) is 5.65 Å². The number of benzene rings is 1. The fraction of sp³-hybridized carbons (Fsp3) is 0.133. The number of nitrogens with zero attached hydrogens (tertiary/aromatic N) is 6.